The van der Waals surface area contributed by atoms with E-state index in [1.165, 1.54) is 6.42 Å². The van der Waals surface area contributed by atoms with E-state index < -0.39 is 10.0 Å². The number of nitrogens with one attached hydrogen (secondary N) is 2. The van der Waals surface area contributed by atoms with Crippen molar-refractivity contribution in [3.05, 3.63) is 0 Å². The summed E-state index contributed by atoms with van der Waals surface area (Å²) in [5, 5.41) is 2.71. The van der Waals surface area contributed by atoms with E-state index in [0.29, 0.717) is 6.54 Å². The first-order valence-corrected chi connectivity index (χ1v) is 8.56. The van der Waals surface area contributed by atoms with Crippen LogP contribution < -0.4 is 10.0 Å². The minimum atomic E-state index is -3.22. The Morgan fingerprint density at radius 3 is 2.56 bits per heavy atom. The summed E-state index contributed by atoms with van der Waals surface area (Å²) in [7, 11) is -3.22. The highest BCUT2D eigenvalue weighted by molar-refractivity contribution is 7.90. The molecule has 1 aliphatic rings. The van der Waals surface area contributed by atoms with Crippen LogP contribution in [0.5, 0.6) is 0 Å². The second-order valence-corrected chi connectivity index (χ2v) is 8.20. The highest BCUT2D eigenvalue weighted by Crippen LogP contribution is 2.35. The van der Waals surface area contributed by atoms with Crippen LogP contribution in [0.25, 0.3) is 0 Å². The molecule has 2 N–H and O–H groups in total. The Kier molecular flexibility index (Phi) is 5.62. The summed E-state index contributed by atoms with van der Waals surface area (Å²) in [6.07, 6.45) is 4.39. The quantitative estimate of drug-likeness (QED) is 0.778. The molecule has 1 saturated carbocycles. The van der Waals surface area contributed by atoms with Gasteiger partial charge in [0.1, 0.15) is 0 Å². The fourth-order valence-corrected chi connectivity index (χ4v) is 3.89. The van der Waals surface area contributed by atoms with E-state index in [0.717, 1.165) is 25.8 Å². The lowest BCUT2D eigenvalue weighted by molar-refractivity contribution is 0.188. The van der Waals surface area contributed by atoms with Crippen LogP contribution in [0.1, 0.15) is 53.4 Å². The van der Waals surface area contributed by atoms with Gasteiger partial charge in [-0.2, -0.15) is 0 Å². The highest BCUT2D eigenvalue weighted by Gasteiger charge is 2.36. The van der Waals surface area contributed by atoms with Gasteiger partial charge >= 0.3 is 0 Å². The van der Waals surface area contributed by atoms with Crippen molar-refractivity contribution in [3.63, 3.8) is 0 Å². The van der Waals surface area contributed by atoms with Gasteiger partial charge in [0.2, 0.25) is 10.0 Å². The van der Waals surface area contributed by atoms with Gasteiger partial charge in [-0.15, -0.1) is 0 Å². The second-order valence-electron chi connectivity index (χ2n) is 6.07. The first kappa shape index (κ1) is 15.9. The lowest BCUT2D eigenvalue weighted by Crippen LogP contribution is -2.50. The fraction of sp³-hybridized carbons (Fsp3) is 1.00. The maximum absolute atomic E-state index is 12.2. The van der Waals surface area contributed by atoms with E-state index in [2.05, 4.69) is 23.9 Å². The van der Waals surface area contributed by atoms with Gasteiger partial charge in [0.15, 0.2) is 0 Å². The van der Waals surface area contributed by atoms with Gasteiger partial charge in [-0.1, -0.05) is 33.6 Å². The molecule has 1 aliphatic carbocycles. The van der Waals surface area contributed by atoms with Crippen molar-refractivity contribution < 1.29 is 8.42 Å². The van der Waals surface area contributed by atoms with Crippen molar-refractivity contribution in [1.82, 2.24) is 10.0 Å². The maximum atomic E-state index is 12.2. The Morgan fingerprint density at radius 1 is 1.33 bits per heavy atom. The average Bonchev–Trinajstić information content (AvgIpc) is 2.28. The maximum Gasteiger partial charge on any atom is 0.215 e. The average molecular weight is 276 g/mol. The molecule has 1 fully saturated rings. The zero-order chi connectivity index (χ0) is 13.8. The molecular formula is C13H28N2O2S. The molecule has 4 nitrogen and oxygen atoms in total. The molecular weight excluding hydrogens is 248 g/mol. The molecule has 0 saturated heterocycles. The highest BCUT2D eigenvalue weighted by atomic mass is 32.2. The summed E-state index contributed by atoms with van der Waals surface area (Å²) >= 11 is 0. The third kappa shape index (κ3) is 4.21. The Balaban J connectivity index is 2.64. The predicted octanol–water partition coefficient (Wildman–Crippen LogP) is 1.87. The Labute approximate surface area is 112 Å². The molecule has 0 radical (unpaired) electrons. The Bertz CT molecular complexity index is 352. The van der Waals surface area contributed by atoms with Crippen molar-refractivity contribution in [2.24, 2.45) is 5.41 Å². The van der Waals surface area contributed by atoms with E-state index in [-0.39, 0.29) is 16.7 Å². The Morgan fingerprint density at radius 2 is 2.00 bits per heavy atom. The predicted molar refractivity (Wildman–Crippen MR) is 76.1 cm³/mol. The second kappa shape index (κ2) is 6.35. The summed E-state index contributed by atoms with van der Waals surface area (Å²) in [5.41, 5.74) is 0.0726. The van der Waals surface area contributed by atoms with Crippen LogP contribution >= 0.6 is 0 Å². The molecule has 0 aliphatic heterocycles. The van der Waals surface area contributed by atoms with Crippen LogP contribution in [0.3, 0.4) is 0 Å². The minimum absolute atomic E-state index is 0.0726. The molecule has 0 aromatic rings. The molecule has 0 bridgehead atoms. The van der Waals surface area contributed by atoms with Crippen molar-refractivity contribution in [2.75, 3.05) is 13.1 Å². The van der Waals surface area contributed by atoms with Crippen LogP contribution in [-0.2, 0) is 10.0 Å². The summed E-state index contributed by atoms with van der Waals surface area (Å²) in [6.45, 7) is 9.38. The molecule has 2 atom stereocenters. The lowest BCUT2D eigenvalue weighted by Gasteiger charge is -2.39. The fourth-order valence-electron chi connectivity index (χ4n) is 2.48. The van der Waals surface area contributed by atoms with E-state index in [1.807, 2.05) is 6.92 Å². The van der Waals surface area contributed by atoms with E-state index in [1.54, 1.807) is 6.92 Å². The van der Waals surface area contributed by atoms with Crippen molar-refractivity contribution in [2.45, 2.75) is 64.7 Å². The first-order valence-electron chi connectivity index (χ1n) is 7.01. The Hall–Kier alpha value is -0.130. The zero-order valence-electron chi connectivity index (χ0n) is 12.1. The number of hydrogen-bond acceptors (Lipinski definition) is 3. The lowest BCUT2D eigenvalue weighted by atomic mass is 9.74. The standard InChI is InChI=1S/C13H28N2O2S/c1-5-14-10-11(2)18(16,17)15-12-8-6-7-9-13(12,3)4/h11-12,14-15H,5-10H2,1-4H3. The summed E-state index contributed by atoms with van der Waals surface area (Å²) in [4.78, 5) is 0. The number of rotatable bonds is 6. The summed E-state index contributed by atoms with van der Waals surface area (Å²) in [6, 6.07) is 0.0836. The van der Waals surface area contributed by atoms with Crippen LogP contribution in [0.4, 0.5) is 0 Å². The van der Waals surface area contributed by atoms with Gasteiger partial charge in [-0.25, -0.2) is 13.1 Å². The third-order valence-electron chi connectivity index (χ3n) is 4.03. The SMILES string of the molecule is CCNCC(C)S(=O)(=O)NC1CCCCC1(C)C. The molecule has 0 spiro atoms. The van der Waals surface area contributed by atoms with Crippen LogP contribution in [0.15, 0.2) is 0 Å². The molecule has 18 heavy (non-hydrogen) atoms. The minimum Gasteiger partial charge on any atom is -0.316 e. The summed E-state index contributed by atoms with van der Waals surface area (Å²) < 4.78 is 27.4. The topological polar surface area (TPSA) is 58.2 Å². The number of sulfonamides is 1. The number of hydrogen-bond donors (Lipinski definition) is 2. The van der Waals surface area contributed by atoms with E-state index >= 15 is 0 Å². The third-order valence-corrected chi connectivity index (χ3v) is 5.86. The smallest absolute Gasteiger partial charge is 0.215 e. The first-order chi connectivity index (χ1) is 8.29. The van der Waals surface area contributed by atoms with Gasteiger partial charge in [0.05, 0.1) is 5.25 Å². The molecule has 0 aromatic heterocycles. The normalized spacial score (nSPS) is 25.9. The molecule has 1 rings (SSSR count). The largest absolute Gasteiger partial charge is 0.316 e. The molecule has 0 heterocycles. The van der Waals surface area contributed by atoms with Crippen molar-refractivity contribution in [3.8, 4) is 0 Å². The zero-order valence-corrected chi connectivity index (χ0v) is 12.9. The van der Waals surface area contributed by atoms with Gasteiger partial charge in [-0.3, -0.25) is 0 Å². The van der Waals surface area contributed by atoms with Gasteiger partial charge in [0.25, 0.3) is 0 Å². The molecule has 2 unspecified atom stereocenters. The van der Waals surface area contributed by atoms with Crippen LogP contribution in [0.2, 0.25) is 0 Å². The molecule has 0 aromatic carbocycles. The van der Waals surface area contributed by atoms with Gasteiger partial charge in [-0.05, 0) is 31.7 Å². The monoisotopic (exact) mass is 276 g/mol. The van der Waals surface area contributed by atoms with Crippen molar-refractivity contribution >= 4 is 10.0 Å². The van der Waals surface area contributed by atoms with E-state index in [4.69, 9.17) is 0 Å². The molecule has 0 amide bonds. The molecule has 5 heteroatoms. The van der Waals surface area contributed by atoms with E-state index in [9.17, 15) is 8.42 Å². The van der Waals surface area contributed by atoms with Crippen LogP contribution in [0, 0.1) is 5.41 Å². The summed E-state index contributed by atoms with van der Waals surface area (Å²) in [5.74, 6) is 0. The molecule has 108 valence electrons. The van der Waals surface area contributed by atoms with Gasteiger partial charge < -0.3 is 5.32 Å². The van der Waals surface area contributed by atoms with Crippen molar-refractivity contribution in [1.29, 1.82) is 0 Å². The van der Waals surface area contributed by atoms with Gasteiger partial charge in [0, 0.05) is 12.6 Å². The van der Waals surface area contributed by atoms with Crippen LogP contribution in [-0.4, -0.2) is 32.8 Å².